The van der Waals surface area contributed by atoms with E-state index >= 15 is 0 Å². The molecule has 0 aliphatic rings. The Morgan fingerprint density at radius 3 is 1.14 bits per heavy atom. The Labute approximate surface area is 85.9 Å². The van der Waals surface area contributed by atoms with Gasteiger partial charge in [0, 0.05) is 0 Å². The number of hydrogen-bond acceptors (Lipinski definition) is 0. The topological polar surface area (TPSA) is 0 Å². The molecule has 14 heavy (non-hydrogen) atoms. The minimum Gasteiger partial charge on any atom is -0.171 e. The minimum atomic E-state index is -4.10. The summed E-state index contributed by atoms with van der Waals surface area (Å²) in [4.78, 5) is 0. The normalized spacial score (nSPS) is 13.3. The van der Waals surface area contributed by atoms with Crippen LogP contribution in [0, 0.1) is 10.8 Å². The Hall–Kier alpha value is -0.210. The second kappa shape index (κ2) is 5.04. The maximum atomic E-state index is 12.4. The van der Waals surface area contributed by atoms with E-state index in [4.69, 9.17) is 0 Å². The summed E-state index contributed by atoms with van der Waals surface area (Å²) >= 11 is 0. The SMILES string of the molecule is CC.CC(C)(C)CC(C)(C)C(F)(F)F. The summed E-state index contributed by atoms with van der Waals surface area (Å²) in [6.45, 7) is 12.0. The summed E-state index contributed by atoms with van der Waals surface area (Å²) in [5.74, 6) is 0. The molecule has 0 aliphatic carbocycles. The van der Waals surface area contributed by atoms with E-state index in [1.165, 1.54) is 13.8 Å². The number of halogens is 3. The molecular formula is C11H23F3. The highest BCUT2D eigenvalue weighted by atomic mass is 19.4. The maximum Gasteiger partial charge on any atom is 0.393 e. The molecule has 0 amide bonds. The van der Waals surface area contributed by atoms with Crippen LogP contribution < -0.4 is 0 Å². The van der Waals surface area contributed by atoms with Gasteiger partial charge in [-0.3, -0.25) is 0 Å². The highest BCUT2D eigenvalue weighted by molar-refractivity contribution is 4.82. The fourth-order valence-corrected chi connectivity index (χ4v) is 1.43. The molecule has 0 fully saturated rings. The molecule has 0 aromatic carbocycles. The molecule has 0 saturated heterocycles. The van der Waals surface area contributed by atoms with Crippen LogP contribution >= 0.6 is 0 Å². The molecule has 0 aromatic rings. The van der Waals surface area contributed by atoms with E-state index in [1.54, 1.807) is 0 Å². The second-order valence-electron chi connectivity index (χ2n) is 5.12. The van der Waals surface area contributed by atoms with Gasteiger partial charge in [0.2, 0.25) is 0 Å². The largest absolute Gasteiger partial charge is 0.393 e. The van der Waals surface area contributed by atoms with Crippen LogP contribution in [0.15, 0.2) is 0 Å². The third kappa shape index (κ3) is 6.28. The molecule has 0 N–H and O–H groups in total. The zero-order valence-corrected chi connectivity index (χ0v) is 10.3. The van der Waals surface area contributed by atoms with Crippen LogP contribution in [0.4, 0.5) is 13.2 Å². The molecule has 0 spiro atoms. The smallest absolute Gasteiger partial charge is 0.171 e. The quantitative estimate of drug-likeness (QED) is 0.571. The third-order valence-corrected chi connectivity index (χ3v) is 1.74. The zero-order chi connectivity index (χ0) is 12.2. The van der Waals surface area contributed by atoms with Gasteiger partial charge >= 0.3 is 6.18 Å². The first-order chi connectivity index (χ1) is 5.96. The molecule has 0 heterocycles. The molecule has 0 saturated carbocycles. The van der Waals surface area contributed by atoms with E-state index in [-0.39, 0.29) is 11.8 Å². The number of hydrogen-bond donors (Lipinski definition) is 0. The molecule has 0 atom stereocenters. The first kappa shape index (κ1) is 16.2. The Morgan fingerprint density at radius 2 is 1.07 bits per heavy atom. The van der Waals surface area contributed by atoms with Crippen molar-refractivity contribution in [3.63, 3.8) is 0 Å². The lowest BCUT2D eigenvalue weighted by Crippen LogP contribution is -2.35. The second-order valence-corrected chi connectivity index (χ2v) is 5.12. The van der Waals surface area contributed by atoms with E-state index in [1.807, 2.05) is 34.6 Å². The van der Waals surface area contributed by atoms with Gasteiger partial charge in [0.15, 0.2) is 0 Å². The van der Waals surface area contributed by atoms with Crippen molar-refractivity contribution in [2.45, 2.75) is 61.1 Å². The van der Waals surface area contributed by atoms with Crippen LogP contribution in [0.2, 0.25) is 0 Å². The van der Waals surface area contributed by atoms with E-state index in [0.29, 0.717) is 0 Å². The van der Waals surface area contributed by atoms with Gasteiger partial charge in [-0.1, -0.05) is 48.5 Å². The first-order valence-corrected chi connectivity index (χ1v) is 5.02. The van der Waals surface area contributed by atoms with E-state index < -0.39 is 11.6 Å². The molecule has 0 nitrogen and oxygen atoms in total. The summed E-state index contributed by atoms with van der Waals surface area (Å²) in [6, 6.07) is 0. The summed E-state index contributed by atoms with van der Waals surface area (Å²) in [6.07, 6.45) is -3.94. The molecule has 0 radical (unpaired) electrons. The number of rotatable bonds is 1. The van der Waals surface area contributed by atoms with Crippen molar-refractivity contribution < 1.29 is 13.2 Å². The summed E-state index contributed by atoms with van der Waals surface area (Å²) in [5, 5.41) is 0. The van der Waals surface area contributed by atoms with Crippen molar-refractivity contribution in [3.05, 3.63) is 0 Å². The van der Waals surface area contributed by atoms with Crippen LogP contribution in [-0.4, -0.2) is 6.18 Å². The van der Waals surface area contributed by atoms with Crippen LogP contribution in [0.3, 0.4) is 0 Å². The highest BCUT2D eigenvalue weighted by Gasteiger charge is 2.48. The zero-order valence-electron chi connectivity index (χ0n) is 10.3. The van der Waals surface area contributed by atoms with Gasteiger partial charge in [-0.15, -0.1) is 0 Å². The van der Waals surface area contributed by atoms with Gasteiger partial charge in [0.1, 0.15) is 0 Å². The van der Waals surface area contributed by atoms with Crippen molar-refractivity contribution in [2.75, 3.05) is 0 Å². The predicted octanol–water partition coefficient (Wildman–Crippen LogP) is 5.04. The van der Waals surface area contributed by atoms with Crippen molar-refractivity contribution in [1.29, 1.82) is 0 Å². The van der Waals surface area contributed by atoms with E-state index in [9.17, 15) is 13.2 Å². The lowest BCUT2D eigenvalue weighted by atomic mass is 9.76. The lowest BCUT2D eigenvalue weighted by molar-refractivity contribution is -0.220. The maximum absolute atomic E-state index is 12.4. The van der Waals surface area contributed by atoms with Crippen LogP contribution in [-0.2, 0) is 0 Å². The Morgan fingerprint density at radius 1 is 0.786 bits per heavy atom. The fourth-order valence-electron chi connectivity index (χ4n) is 1.43. The summed E-state index contributed by atoms with van der Waals surface area (Å²) in [5.41, 5.74) is -1.86. The predicted molar refractivity (Wildman–Crippen MR) is 55.3 cm³/mol. The Bertz CT molecular complexity index is 149. The molecule has 0 bridgehead atoms. The van der Waals surface area contributed by atoms with Crippen molar-refractivity contribution in [3.8, 4) is 0 Å². The van der Waals surface area contributed by atoms with Gasteiger partial charge in [-0.2, -0.15) is 13.2 Å². The number of alkyl halides is 3. The van der Waals surface area contributed by atoms with Gasteiger partial charge in [0.05, 0.1) is 5.41 Å². The highest BCUT2D eigenvalue weighted by Crippen LogP contribution is 2.45. The van der Waals surface area contributed by atoms with Gasteiger partial charge < -0.3 is 0 Å². The van der Waals surface area contributed by atoms with Gasteiger partial charge in [0.25, 0.3) is 0 Å². The minimum absolute atomic E-state index is 0.156. The summed E-state index contributed by atoms with van der Waals surface area (Å²) in [7, 11) is 0. The van der Waals surface area contributed by atoms with Gasteiger partial charge in [-0.25, -0.2) is 0 Å². The molecular weight excluding hydrogens is 189 g/mol. The molecule has 0 aliphatic heterocycles. The fraction of sp³-hybridized carbons (Fsp3) is 1.00. The van der Waals surface area contributed by atoms with E-state index in [2.05, 4.69) is 0 Å². The standard InChI is InChI=1S/C9H17F3.C2H6/c1-7(2,3)6-8(4,5)9(10,11)12;1-2/h6H2,1-5H3;1-2H3. The lowest BCUT2D eigenvalue weighted by Gasteiger charge is -2.34. The van der Waals surface area contributed by atoms with Crippen molar-refractivity contribution >= 4 is 0 Å². The summed E-state index contributed by atoms with van der Waals surface area (Å²) < 4.78 is 37.1. The average Bonchev–Trinajstić information content (AvgIpc) is 1.83. The first-order valence-electron chi connectivity index (χ1n) is 5.02. The Kier molecular flexibility index (Phi) is 5.84. The molecule has 0 aromatic heterocycles. The monoisotopic (exact) mass is 212 g/mol. The molecule has 0 unspecified atom stereocenters. The van der Waals surface area contributed by atoms with Crippen LogP contribution in [0.5, 0.6) is 0 Å². The van der Waals surface area contributed by atoms with E-state index in [0.717, 1.165) is 0 Å². The van der Waals surface area contributed by atoms with Crippen LogP contribution in [0.1, 0.15) is 54.9 Å². The van der Waals surface area contributed by atoms with Gasteiger partial charge in [-0.05, 0) is 11.8 Å². The van der Waals surface area contributed by atoms with Crippen molar-refractivity contribution in [1.82, 2.24) is 0 Å². The molecule has 3 heteroatoms. The van der Waals surface area contributed by atoms with Crippen molar-refractivity contribution in [2.24, 2.45) is 10.8 Å². The Balaban J connectivity index is 0. The average molecular weight is 212 g/mol. The molecule has 88 valence electrons. The third-order valence-electron chi connectivity index (χ3n) is 1.74. The van der Waals surface area contributed by atoms with Crippen LogP contribution in [0.25, 0.3) is 0 Å². The molecule has 0 rings (SSSR count).